The molecule has 0 saturated heterocycles. The van der Waals surface area contributed by atoms with E-state index >= 15 is 0 Å². The Kier molecular flexibility index (Phi) is 7.50. The number of fused-ring (bicyclic) bond motifs is 3. The molecule has 2 aromatic heterocycles. The lowest BCUT2D eigenvalue weighted by Crippen LogP contribution is -2.58. The molecule has 1 fully saturated rings. The molecule has 9 heteroatoms. The molecule has 0 aliphatic heterocycles. The second kappa shape index (κ2) is 10.7. The standard InChI is InChI=1S/C31H40N4O5/c1-21-34(19-22-13-14-25-26(27(22)36)23-11-7-8-12-24(23)33(25)5)17-18-35(21)20-39-28(37)31(15-9-6-10-16-31)32-29(38)40-30(2,3)4/h7-8,11-12,17-18,22H,6,9-10,13-16,19-20H2,1-5H3/p+1. The van der Waals surface area contributed by atoms with E-state index in [1.165, 1.54) is 0 Å². The first-order valence-electron chi connectivity index (χ1n) is 14.3. The molecular formula is C31H41N4O5+. The van der Waals surface area contributed by atoms with Crippen molar-refractivity contribution in [3.63, 3.8) is 0 Å². The van der Waals surface area contributed by atoms with E-state index in [0.717, 1.165) is 60.1 Å². The molecule has 0 radical (unpaired) electrons. The largest absolute Gasteiger partial charge is 0.444 e. The minimum atomic E-state index is -1.08. The molecule has 1 atom stereocenters. The van der Waals surface area contributed by atoms with Crippen molar-refractivity contribution in [3.05, 3.63) is 53.7 Å². The molecule has 2 aliphatic carbocycles. The fourth-order valence-electron chi connectivity index (χ4n) is 6.24. The van der Waals surface area contributed by atoms with Gasteiger partial charge in [-0.2, -0.15) is 4.57 Å². The third kappa shape index (κ3) is 5.38. The van der Waals surface area contributed by atoms with Crippen molar-refractivity contribution in [1.82, 2.24) is 14.5 Å². The van der Waals surface area contributed by atoms with Crippen LogP contribution in [0.1, 0.15) is 81.2 Å². The van der Waals surface area contributed by atoms with Crippen molar-refractivity contribution in [1.29, 1.82) is 0 Å². The van der Waals surface area contributed by atoms with Gasteiger partial charge in [-0.25, -0.2) is 14.2 Å². The number of hydrogen-bond donors (Lipinski definition) is 1. The van der Waals surface area contributed by atoms with Crippen LogP contribution in [0.2, 0.25) is 0 Å². The van der Waals surface area contributed by atoms with Crippen LogP contribution in [0.5, 0.6) is 0 Å². The lowest BCUT2D eigenvalue weighted by atomic mass is 9.82. The van der Waals surface area contributed by atoms with Gasteiger partial charge in [0, 0.05) is 36.1 Å². The molecule has 1 amide bonds. The molecule has 1 N–H and O–H groups in total. The highest BCUT2D eigenvalue weighted by Gasteiger charge is 2.44. The summed E-state index contributed by atoms with van der Waals surface area (Å²) in [6, 6.07) is 8.10. The van der Waals surface area contributed by atoms with Crippen LogP contribution in [0.3, 0.4) is 0 Å². The molecule has 0 spiro atoms. The maximum atomic E-state index is 13.6. The number of para-hydroxylation sites is 1. The topological polar surface area (TPSA) is 95.4 Å². The van der Waals surface area contributed by atoms with Gasteiger partial charge in [-0.05, 0) is 52.5 Å². The van der Waals surface area contributed by atoms with E-state index in [2.05, 4.69) is 20.5 Å². The Balaban J connectivity index is 1.26. The maximum absolute atomic E-state index is 13.6. The molecule has 1 aromatic carbocycles. The Labute approximate surface area is 235 Å². The average molecular weight is 550 g/mol. The molecule has 1 saturated carbocycles. The van der Waals surface area contributed by atoms with Gasteiger partial charge in [-0.3, -0.25) is 4.79 Å². The zero-order valence-electron chi connectivity index (χ0n) is 24.3. The molecule has 9 nitrogen and oxygen atoms in total. The summed E-state index contributed by atoms with van der Waals surface area (Å²) in [5, 5.41) is 3.86. The van der Waals surface area contributed by atoms with Crippen LogP contribution in [0.4, 0.5) is 4.79 Å². The number of benzene rings is 1. The predicted molar refractivity (Wildman–Crippen MR) is 150 cm³/mol. The van der Waals surface area contributed by atoms with Crippen molar-refractivity contribution < 1.29 is 28.4 Å². The number of aryl methyl sites for hydroxylation is 1. The number of hydrogen-bond acceptors (Lipinski definition) is 5. The number of esters is 1. The maximum Gasteiger partial charge on any atom is 0.408 e. The second-order valence-electron chi connectivity index (χ2n) is 12.3. The fraction of sp³-hybridized carbons (Fsp3) is 0.548. The summed E-state index contributed by atoms with van der Waals surface area (Å²) in [7, 11) is 2.04. The smallest absolute Gasteiger partial charge is 0.408 e. The number of amides is 1. The number of ketones is 1. The lowest BCUT2D eigenvalue weighted by molar-refractivity contribution is -0.732. The molecule has 3 aromatic rings. The first-order chi connectivity index (χ1) is 19.0. The molecule has 214 valence electrons. The minimum Gasteiger partial charge on any atom is -0.444 e. The molecule has 5 rings (SSSR count). The number of rotatable bonds is 6. The third-order valence-corrected chi connectivity index (χ3v) is 8.42. The average Bonchev–Trinajstić information content (AvgIpc) is 3.40. The van der Waals surface area contributed by atoms with E-state index in [9.17, 15) is 14.4 Å². The van der Waals surface area contributed by atoms with Gasteiger partial charge in [0.2, 0.25) is 6.73 Å². The normalized spacial score (nSPS) is 18.8. The molecule has 2 aliphatic rings. The Morgan fingerprint density at radius 3 is 2.60 bits per heavy atom. The first kappa shape index (κ1) is 27.9. The minimum absolute atomic E-state index is 0.0293. The van der Waals surface area contributed by atoms with Crippen molar-refractivity contribution in [2.24, 2.45) is 13.0 Å². The van der Waals surface area contributed by atoms with Gasteiger partial charge >= 0.3 is 12.1 Å². The number of imidazole rings is 1. The van der Waals surface area contributed by atoms with Crippen molar-refractivity contribution in [2.75, 3.05) is 0 Å². The quantitative estimate of drug-likeness (QED) is 0.354. The number of carbonyl (C=O) groups is 3. The second-order valence-corrected chi connectivity index (χ2v) is 12.3. The number of nitrogens with one attached hydrogen (secondary N) is 1. The predicted octanol–water partition coefficient (Wildman–Crippen LogP) is 4.75. The van der Waals surface area contributed by atoms with Crippen molar-refractivity contribution in [3.8, 4) is 0 Å². The zero-order chi connectivity index (χ0) is 28.7. The number of ether oxygens (including phenoxy) is 2. The van der Waals surface area contributed by atoms with E-state index in [-0.39, 0.29) is 18.4 Å². The van der Waals surface area contributed by atoms with Gasteiger partial charge in [0.15, 0.2) is 5.78 Å². The zero-order valence-corrected chi connectivity index (χ0v) is 24.3. The third-order valence-electron chi connectivity index (χ3n) is 8.42. The lowest BCUT2D eigenvalue weighted by Gasteiger charge is -2.35. The summed E-state index contributed by atoms with van der Waals surface area (Å²) in [6.45, 7) is 7.94. The van der Waals surface area contributed by atoms with Crippen LogP contribution in [0.15, 0.2) is 36.7 Å². The Bertz CT molecular complexity index is 1440. The van der Waals surface area contributed by atoms with Crippen LogP contribution in [-0.2, 0) is 41.0 Å². The molecule has 1 unspecified atom stereocenters. The van der Waals surface area contributed by atoms with Gasteiger partial charge in [0.1, 0.15) is 30.1 Å². The molecule has 2 heterocycles. The van der Waals surface area contributed by atoms with Crippen LogP contribution in [-0.4, -0.2) is 38.1 Å². The summed E-state index contributed by atoms with van der Waals surface area (Å²) < 4.78 is 17.3. The Hall–Kier alpha value is -3.62. The SMILES string of the molecule is Cc1n(CC2CCc3c(c4ccccc4n3C)C2=O)cc[n+]1COC(=O)C1(NC(=O)OC(C)(C)C)CCCCC1. The Morgan fingerprint density at radius 2 is 1.88 bits per heavy atom. The molecule has 40 heavy (non-hydrogen) atoms. The van der Waals surface area contributed by atoms with Crippen molar-refractivity contribution in [2.45, 2.75) is 97.1 Å². The number of alkyl carbamates (subject to hydrolysis) is 1. The number of Topliss-reactive ketones (excluding diaryl/α,β-unsaturated/α-hetero) is 1. The van der Waals surface area contributed by atoms with E-state index in [4.69, 9.17) is 9.47 Å². The van der Waals surface area contributed by atoms with Gasteiger partial charge in [0.25, 0.3) is 5.82 Å². The summed E-state index contributed by atoms with van der Waals surface area (Å²) in [4.78, 5) is 39.5. The summed E-state index contributed by atoms with van der Waals surface area (Å²) in [6.07, 6.45) is 8.59. The van der Waals surface area contributed by atoms with Gasteiger partial charge in [0.05, 0.1) is 5.92 Å². The first-order valence-corrected chi connectivity index (χ1v) is 14.3. The van der Waals surface area contributed by atoms with Crippen LogP contribution >= 0.6 is 0 Å². The van der Waals surface area contributed by atoms with E-state index < -0.39 is 23.2 Å². The molecule has 0 bridgehead atoms. The van der Waals surface area contributed by atoms with Crippen molar-refractivity contribution >= 4 is 28.7 Å². The monoisotopic (exact) mass is 549 g/mol. The van der Waals surface area contributed by atoms with Crippen LogP contribution in [0, 0.1) is 12.8 Å². The van der Waals surface area contributed by atoms with Gasteiger partial charge in [-0.15, -0.1) is 0 Å². The Morgan fingerprint density at radius 1 is 1.15 bits per heavy atom. The van der Waals surface area contributed by atoms with E-state index in [1.54, 1.807) is 20.8 Å². The number of aromatic nitrogens is 3. The van der Waals surface area contributed by atoms with Crippen LogP contribution in [0.25, 0.3) is 10.9 Å². The highest BCUT2D eigenvalue weighted by atomic mass is 16.6. The number of carbonyl (C=O) groups excluding carboxylic acids is 3. The van der Waals surface area contributed by atoms with E-state index in [0.29, 0.717) is 19.4 Å². The summed E-state index contributed by atoms with van der Waals surface area (Å²) in [5.74, 6) is 0.520. The fourth-order valence-corrected chi connectivity index (χ4v) is 6.24. The molecular weight excluding hydrogens is 508 g/mol. The van der Waals surface area contributed by atoms with Crippen LogP contribution < -0.4 is 9.88 Å². The summed E-state index contributed by atoms with van der Waals surface area (Å²) in [5.41, 5.74) is 1.33. The number of nitrogens with zero attached hydrogens (tertiary/aromatic N) is 3. The van der Waals surface area contributed by atoms with Gasteiger partial charge in [-0.1, -0.05) is 37.5 Å². The highest BCUT2D eigenvalue weighted by Crippen LogP contribution is 2.34. The van der Waals surface area contributed by atoms with E-state index in [1.807, 2.05) is 49.1 Å². The summed E-state index contributed by atoms with van der Waals surface area (Å²) >= 11 is 0. The highest BCUT2D eigenvalue weighted by molar-refractivity contribution is 6.11. The van der Waals surface area contributed by atoms with Gasteiger partial charge < -0.3 is 19.4 Å².